The van der Waals surface area contributed by atoms with Crippen LogP contribution in [0.5, 0.6) is 0 Å². The fourth-order valence-corrected chi connectivity index (χ4v) is 6.69. The third-order valence-corrected chi connectivity index (χ3v) is 10.3. The minimum absolute atomic E-state index is 0.0703. The van der Waals surface area contributed by atoms with Gasteiger partial charge in [-0.1, -0.05) is 48.3 Å². The highest BCUT2D eigenvalue weighted by atomic mass is 35.5. The molecule has 0 N–H and O–H groups in total. The first-order valence-corrected chi connectivity index (χ1v) is 15.1. The molecule has 1 saturated carbocycles. The minimum Gasteiger partial charge on any atom is -0.342 e. The van der Waals surface area contributed by atoms with Gasteiger partial charge in [0.25, 0.3) is 0 Å². The molecule has 6 nitrogen and oxygen atoms in total. The largest absolute Gasteiger partial charge is 0.342 e. The van der Waals surface area contributed by atoms with Crippen molar-refractivity contribution in [3.63, 3.8) is 0 Å². The topological polar surface area (TPSA) is 60.9 Å². The molecule has 2 unspecified atom stereocenters. The van der Waals surface area contributed by atoms with Crippen molar-refractivity contribution < 1.29 is 18.8 Å². The third kappa shape index (κ3) is 5.85. The standard InChI is InChI=1S/C32H38Cl2FN3O3/c1-31(2,22-6-8-23(35)9-7-22)29(40)36(4)27-19-38(18-24(27)21-5-10-25(33)26(34)17-21)28(39)20-11-15-37(16-12-20)30(41)32(3)13-14-32/h5-10,17,20,24,27H,11-16,18-19H2,1-4H3. The van der Waals surface area contributed by atoms with Crippen LogP contribution in [0.15, 0.2) is 42.5 Å². The van der Waals surface area contributed by atoms with Crippen LogP contribution in [-0.4, -0.2) is 71.7 Å². The number of hydrogen-bond acceptors (Lipinski definition) is 3. The molecule has 0 aromatic heterocycles. The van der Waals surface area contributed by atoms with E-state index in [-0.39, 0.29) is 46.8 Å². The normalized spacial score (nSPS) is 22.5. The van der Waals surface area contributed by atoms with E-state index < -0.39 is 5.41 Å². The summed E-state index contributed by atoms with van der Waals surface area (Å²) in [6.45, 7) is 7.74. The van der Waals surface area contributed by atoms with Crippen LogP contribution >= 0.6 is 23.2 Å². The van der Waals surface area contributed by atoms with E-state index in [1.54, 1.807) is 30.1 Å². The van der Waals surface area contributed by atoms with E-state index in [4.69, 9.17) is 23.2 Å². The average Bonchev–Trinajstić information content (AvgIpc) is 3.56. The van der Waals surface area contributed by atoms with Gasteiger partial charge in [-0.2, -0.15) is 0 Å². The number of carbonyl (C=O) groups excluding carboxylic acids is 3. The van der Waals surface area contributed by atoms with Gasteiger partial charge in [-0.3, -0.25) is 14.4 Å². The van der Waals surface area contributed by atoms with Crippen molar-refractivity contribution in [1.82, 2.24) is 14.7 Å². The van der Waals surface area contributed by atoms with E-state index in [1.165, 1.54) is 12.1 Å². The highest BCUT2D eigenvalue weighted by Gasteiger charge is 2.49. The van der Waals surface area contributed by atoms with Gasteiger partial charge < -0.3 is 14.7 Å². The lowest BCUT2D eigenvalue weighted by atomic mass is 9.82. The Morgan fingerprint density at radius 3 is 2.17 bits per heavy atom. The summed E-state index contributed by atoms with van der Waals surface area (Å²) in [5.74, 6) is -0.506. The first kappa shape index (κ1) is 29.8. The van der Waals surface area contributed by atoms with E-state index >= 15 is 0 Å². The van der Waals surface area contributed by atoms with Crippen LogP contribution in [0.3, 0.4) is 0 Å². The van der Waals surface area contributed by atoms with Gasteiger partial charge >= 0.3 is 0 Å². The van der Waals surface area contributed by atoms with Gasteiger partial charge in [0.2, 0.25) is 17.7 Å². The maximum absolute atomic E-state index is 13.9. The Balaban J connectivity index is 1.35. The fourth-order valence-electron chi connectivity index (χ4n) is 6.38. The summed E-state index contributed by atoms with van der Waals surface area (Å²) in [7, 11) is 1.78. The van der Waals surface area contributed by atoms with E-state index in [0.717, 1.165) is 18.4 Å². The van der Waals surface area contributed by atoms with E-state index in [0.29, 0.717) is 54.6 Å². The Labute approximate surface area is 251 Å². The van der Waals surface area contributed by atoms with Gasteiger partial charge in [0.1, 0.15) is 5.82 Å². The summed E-state index contributed by atoms with van der Waals surface area (Å²) >= 11 is 12.6. The van der Waals surface area contributed by atoms with Crippen LogP contribution in [0, 0.1) is 17.2 Å². The number of likely N-dealkylation sites (tertiary alicyclic amines) is 2. The molecule has 2 aromatic rings. The van der Waals surface area contributed by atoms with Gasteiger partial charge in [-0.25, -0.2) is 4.39 Å². The zero-order chi connectivity index (χ0) is 29.7. The zero-order valence-electron chi connectivity index (χ0n) is 24.1. The molecule has 3 amide bonds. The van der Waals surface area contributed by atoms with Gasteiger partial charge in [0, 0.05) is 50.5 Å². The van der Waals surface area contributed by atoms with Crippen LogP contribution in [0.1, 0.15) is 63.5 Å². The minimum atomic E-state index is -0.903. The molecule has 1 aliphatic carbocycles. The quantitative estimate of drug-likeness (QED) is 0.414. The number of carbonyl (C=O) groups is 3. The maximum atomic E-state index is 13.9. The summed E-state index contributed by atoms with van der Waals surface area (Å²) in [6.07, 6.45) is 3.18. The maximum Gasteiger partial charge on any atom is 0.232 e. The summed E-state index contributed by atoms with van der Waals surface area (Å²) in [4.78, 5) is 46.1. The SMILES string of the molecule is CN(C(=O)C(C)(C)c1ccc(F)cc1)C1CN(C(=O)C2CCN(C(=O)C3(C)CC3)CC2)CC1c1ccc(Cl)c(Cl)c1. The smallest absolute Gasteiger partial charge is 0.232 e. The van der Waals surface area contributed by atoms with Crippen molar-refractivity contribution in [3.8, 4) is 0 Å². The van der Waals surface area contributed by atoms with Gasteiger partial charge in [-0.05, 0) is 74.9 Å². The van der Waals surface area contributed by atoms with Crippen LogP contribution < -0.4 is 0 Å². The van der Waals surface area contributed by atoms with Crippen LogP contribution in [0.4, 0.5) is 4.39 Å². The number of halogens is 3. The molecule has 2 heterocycles. The average molecular weight is 603 g/mol. The monoisotopic (exact) mass is 601 g/mol. The zero-order valence-corrected chi connectivity index (χ0v) is 25.6. The lowest BCUT2D eigenvalue weighted by Gasteiger charge is -2.36. The van der Waals surface area contributed by atoms with Crippen molar-refractivity contribution in [1.29, 1.82) is 0 Å². The molecule has 0 spiro atoms. The molecular formula is C32H38Cl2FN3O3. The number of amides is 3. The number of nitrogens with zero attached hydrogens (tertiary/aromatic N) is 3. The van der Waals surface area contributed by atoms with Gasteiger partial charge in [0.05, 0.1) is 21.5 Å². The van der Waals surface area contributed by atoms with Crippen LogP contribution in [0.2, 0.25) is 10.0 Å². The molecule has 3 aliphatic rings. The molecule has 2 aliphatic heterocycles. The summed E-state index contributed by atoms with van der Waals surface area (Å²) < 4.78 is 13.6. The Morgan fingerprint density at radius 2 is 1.59 bits per heavy atom. The summed E-state index contributed by atoms with van der Waals surface area (Å²) in [5.41, 5.74) is 0.524. The van der Waals surface area contributed by atoms with E-state index in [2.05, 4.69) is 0 Å². The third-order valence-electron chi connectivity index (χ3n) is 9.54. The number of rotatable bonds is 6. The molecule has 3 fully saturated rings. The predicted molar refractivity (Wildman–Crippen MR) is 158 cm³/mol. The van der Waals surface area contributed by atoms with E-state index in [9.17, 15) is 18.8 Å². The molecule has 5 rings (SSSR count). The van der Waals surface area contributed by atoms with Crippen LogP contribution in [-0.2, 0) is 19.8 Å². The number of piperidine rings is 1. The molecular weight excluding hydrogens is 564 g/mol. The highest BCUT2D eigenvalue weighted by Crippen LogP contribution is 2.47. The summed E-state index contributed by atoms with van der Waals surface area (Å²) in [6, 6.07) is 11.2. The Hall–Kier alpha value is -2.64. The van der Waals surface area contributed by atoms with Crippen molar-refractivity contribution in [2.45, 2.75) is 63.8 Å². The van der Waals surface area contributed by atoms with Crippen LogP contribution in [0.25, 0.3) is 0 Å². The number of hydrogen-bond donors (Lipinski definition) is 0. The molecule has 2 aromatic carbocycles. The molecule has 0 bridgehead atoms. The van der Waals surface area contributed by atoms with Crippen molar-refractivity contribution in [3.05, 3.63) is 69.5 Å². The molecule has 9 heteroatoms. The highest BCUT2D eigenvalue weighted by molar-refractivity contribution is 6.42. The number of likely N-dealkylation sites (N-methyl/N-ethyl adjacent to an activating group) is 1. The molecule has 2 saturated heterocycles. The molecule has 41 heavy (non-hydrogen) atoms. The predicted octanol–water partition coefficient (Wildman–Crippen LogP) is 5.90. The molecule has 220 valence electrons. The second-order valence-corrected chi connectivity index (χ2v) is 13.6. The molecule has 0 radical (unpaired) electrons. The summed E-state index contributed by atoms with van der Waals surface area (Å²) in [5, 5.41) is 0.871. The lowest BCUT2D eigenvalue weighted by Crippen LogP contribution is -2.49. The lowest BCUT2D eigenvalue weighted by molar-refractivity contribution is -0.143. The van der Waals surface area contributed by atoms with Gasteiger partial charge in [-0.15, -0.1) is 0 Å². The number of benzene rings is 2. The Morgan fingerprint density at radius 1 is 0.951 bits per heavy atom. The fraction of sp³-hybridized carbons (Fsp3) is 0.531. The van der Waals surface area contributed by atoms with E-state index in [1.807, 2.05) is 42.7 Å². The first-order valence-electron chi connectivity index (χ1n) is 14.4. The second-order valence-electron chi connectivity index (χ2n) is 12.8. The Kier molecular flexibility index (Phi) is 8.16. The van der Waals surface area contributed by atoms with Gasteiger partial charge in [0.15, 0.2) is 0 Å². The van der Waals surface area contributed by atoms with Crippen molar-refractivity contribution in [2.75, 3.05) is 33.2 Å². The van der Waals surface area contributed by atoms with Crippen molar-refractivity contribution >= 4 is 40.9 Å². The second kappa shape index (κ2) is 11.2. The first-order chi connectivity index (χ1) is 19.3. The Bertz CT molecular complexity index is 1340. The van der Waals surface area contributed by atoms with Crippen molar-refractivity contribution in [2.24, 2.45) is 11.3 Å². The molecule has 2 atom stereocenters.